The molecule has 0 radical (unpaired) electrons. The molecule has 1 N–H and O–H groups in total. The Labute approximate surface area is 221 Å². The Hall–Kier alpha value is -3.20. The molecule has 0 aliphatic carbocycles. The highest BCUT2D eigenvalue weighted by Gasteiger charge is 2.23. The maximum Gasteiger partial charge on any atom is 0.411 e. The number of alkyl halides is 3. The van der Waals surface area contributed by atoms with E-state index in [9.17, 15) is 14.0 Å². The summed E-state index contributed by atoms with van der Waals surface area (Å²) in [5.74, 6) is 1.04. The Morgan fingerprint density at radius 2 is 1.61 bits per heavy atom. The summed E-state index contributed by atoms with van der Waals surface area (Å²) in [6, 6.07) is 15.3. The third kappa shape index (κ3) is 6.94. The molecule has 0 spiro atoms. The summed E-state index contributed by atoms with van der Waals surface area (Å²) in [6.07, 6.45) is -0.160. The second-order valence-corrected chi connectivity index (χ2v) is 10.5. The van der Waals surface area contributed by atoms with E-state index in [4.69, 9.17) is 49.0 Å². The van der Waals surface area contributed by atoms with E-state index in [1.165, 1.54) is 30.3 Å². The van der Waals surface area contributed by atoms with Crippen molar-refractivity contribution in [2.45, 2.75) is 10.2 Å². The van der Waals surface area contributed by atoms with Crippen LogP contribution in [0.1, 0.15) is 15.9 Å². The van der Waals surface area contributed by atoms with Crippen molar-refractivity contribution >= 4 is 52.5 Å². The predicted molar refractivity (Wildman–Crippen MR) is 135 cm³/mol. The number of carbonyl (C=O) groups is 2. The molecule has 11 heteroatoms. The predicted octanol–water partition coefficient (Wildman–Crippen LogP) is 6.96. The van der Waals surface area contributed by atoms with Gasteiger partial charge in [-0.25, -0.2) is 9.18 Å². The van der Waals surface area contributed by atoms with Crippen LogP contribution in [0, 0.1) is 5.82 Å². The minimum Gasteiger partial charge on any atom is -0.457 e. The smallest absolute Gasteiger partial charge is 0.411 e. The van der Waals surface area contributed by atoms with E-state index in [2.05, 4.69) is 5.32 Å². The maximum atomic E-state index is 13.3. The zero-order valence-corrected chi connectivity index (χ0v) is 21.2. The Bertz CT molecular complexity index is 1280. The molecule has 3 aromatic carbocycles. The summed E-state index contributed by atoms with van der Waals surface area (Å²) in [7, 11) is 1.76. The number of ether oxygens (including phenoxy) is 3. The fourth-order valence-corrected chi connectivity index (χ4v) is 3.65. The summed E-state index contributed by atoms with van der Waals surface area (Å²) >= 11 is 16.9. The van der Waals surface area contributed by atoms with Crippen LogP contribution in [0.2, 0.25) is 0 Å². The van der Waals surface area contributed by atoms with E-state index in [1.807, 2.05) is 0 Å². The molecule has 0 saturated heterocycles. The van der Waals surface area contributed by atoms with E-state index in [0.717, 1.165) is 5.56 Å². The number of benzene rings is 3. The number of nitrogens with zero attached hydrogens (tertiary/aromatic N) is 1. The van der Waals surface area contributed by atoms with Crippen LogP contribution in [-0.4, -0.2) is 40.9 Å². The van der Waals surface area contributed by atoms with Crippen LogP contribution < -0.4 is 14.8 Å². The number of amides is 2. The van der Waals surface area contributed by atoms with E-state index in [-0.39, 0.29) is 11.6 Å². The normalized spacial score (nSPS) is 13.1. The highest BCUT2D eigenvalue weighted by molar-refractivity contribution is 6.67. The molecule has 0 fully saturated rings. The third-order valence-electron chi connectivity index (χ3n) is 5.15. The van der Waals surface area contributed by atoms with Gasteiger partial charge in [-0.2, -0.15) is 0 Å². The first-order chi connectivity index (χ1) is 17.1. The van der Waals surface area contributed by atoms with Gasteiger partial charge in [0, 0.05) is 37.4 Å². The van der Waals surface area contributed by atoms with Gasteiger partial charge in [-0.05, 0) is 54.4 Å². The fraction of sp³-hybridized carbons (Fsp3) is 0.200. The number of fused-ring (bicyclic) bond motifs is 1. The van der Waals surface area contributed by atoms with Crippen molar-refractivity contribution in [2.24, 2.45) is 0 Å². The Kier molecular flexibility index (Phi) is 7.78. The molecule has 1 heterocycles. The molecule has 0 bridgehead atoms. The molecule has 36 heavy (non-hydrogen) atoms. The van der Waals surface area contributed by atoms with Crippen molar-refractivity contribution in [1.82, 2.24) is 4.90 Å². The van der Waals surface area contributed by atoms with Crippen molar-refractivity contribution < 1.29 is 28.2 Å². The summed E-state index contributed by atoms with van der Waals surface area (Å²) < 4.78 is 28.3. The van der Waals surface area contributed by atoms with Gasteiger partial charge in [-0.3, -0.25) is 10.1 Å². The number of hydrogen-bond donors (Lipinski definition) is 1. The quantitative estimate of drug-likeness (QED) is 0.334. The average molecular weight is 554 g/mol. The zero-order valence-electron chi connectivity index (χ0n) is 18.9. The number of anilines is 1. The summed E-state index contributed by atoms with van der Waals surface area (Å²) in [4.78, 5) is 26.2. The first-order valence-electron chi connectivity index (χ1n) is 10.7. The molecule has 4 rings (SSSR count). The monoisotopic (exact) mass is 552 g/mol. The number of carbonyl (C=O) groups excluding carboxylic acids is 2. The second kappa shape index (κ2) is 10.8. The molecule has 0 saturated carbocycles. The van der Waals surface area contributed by atoms with Crippen molar-refractivity contribution in [1.29, 1.82) is 0 Å². The lowest BCUT2D eigenvalue weighted by atomic mass is 9.99. The minimum atomic E-state index is -1.76. The van der Waals surface area contributed by atoms with E-state index < -0.39 is 22.3 Å². The number of rotatable bonds is 6. The third-order valence-corrected chi connectivity index (χ3v) is 5.48. The van der Waals surface area contributed by atoms with Gasteiger partial charge >= 0.3 is 6.09 Å². The van der Waals surface area contributed by atoms with Gasteiger partial charge in [0.2, 0.25) is 3.79 Å². The Morgan fingerprint density at radius 3 is 2.28 bits per heavy atom. The minimum absolute atomic E-state index is 0.0441. The molecule has 1 aliphatic heterocycles. The zero-order chi connectivity index (χ0) is 25.9. The van der Waals surface area contributed by atoms with Gasteiger partial charge in [0.25, 0.3) is 5.91 Å². The lowest BCUT2D eigenvalue weighted by Gasteiger charge is -2.25. The highest BCUT2D eigenvalue weighted by Crippen LogP contribution is 2.34. The van der Waals surface area contributed by atoms with Crippen LogP contribution in [0.3, 0.4) is 0 Å². The van der Waals surface area contributed by atoms with Crippen LogP contribution >= 0.6 is 34.8 Å². The van der Waals surface area contributed by atoms with E-state index >= 15 is 0 Å². The molecule has 0 unspecified atom stereocenters. The SMILES string of the molecule is CN1CCc2cc(Oc3cc(NC(=O)OCC(Cl)(Cl)Cl)cc(Oc4ccc(F)cc4)c3)ccc2C1=O. The first-order valence-corrected chi connectivity index (χ1v) is 11.8. The van der Waals surface area contributed by atoms with Crippen LogP contribution in [-0.2, 0) is 11.2 Å². The molecule has 0 aromatic heterocycles. The van der Waals surface area contributed by atoms with Crippen LogP contribution in [0.25, 0.3) is 0 Å². The number of nitrogens with one attached hydrogen (secondary N) is 1. The number of hydrogen-bond acceptors (Lipinski definition) is 5. The summed E-state index contributed by atoms with van der Waals surface area (Å²) in [5, 5.41) is 2.53. The largest absolute Gasteiger partial charge is 0.457 e. The number of halogens is 4. The molecule has 2 amide bonds. The fourth-order valence-electron chi connectivity index (χ4n) is 3.48. The average Bonchev–Trinajstić information content (AvgIpc) is 2.81. The van der Waals surface area contributed by atoms with Crippen molar-refractivity contribution in [3.05, 3.63) is 77.6 Å². The second-order valence-electron chi connectivity index (χ2n) is 7.96. The van der Waals surface area contributed by atoms with Crippen LogP contribution in [0.5, 0.6) is 23.0 Å². The van der Waals surface area contributed by atoms with Gasteiger partial charge in [0.15, 0.2) is 0 Å². The first kappa shape index (κ1) is 25.9. The molecule has 7 nitrogen and oxygen atoms in total. The van der Waals surface area contributed by atoms with Gasteiger partial charge in [-0.15, -0.1) is 0 Å². The van der Waals surface area contributed by atoms with Gasteiger partial charge in [-0.1, -0.05) is 34.8 Å². The molecular weight excluding hydrogens is 534 g/mol. The molecule has 188 valence electrons. The highest BCUT2D eigenvalue weighted by atomic mass is 35.6. The van der Waals surface area contributed by atoms with Crippen molar-refractivity contribution in [3.8, 4) is 23.0 Å². The van der Waals surface area contributed by atoms with Crippen LogP contribution in [0.4, 0.5) is 14.9 Å². The van der Waals surface area contributed by atoms with Crippen molar-refractivity contribution in [3.63, 3.8) is 0 Å². The summed E-state index contributed by atoms with van der Waals surface area (Å²) in [5.41, 5.74) is 1.78. The Morgan fingerprint density at radius 1 is 0.972 bits per heavy atom. The number of likely N-dealkylation sites (N-methyl/N-ethyl adjacent to an activating group) is 1. The molecule has 3 aromatic rings. The maximum absolute atomic E-state index is 13.3. The van der Waals surface area contributed by atoms with Gasteiger partial charge in [0.05, 0.1) is 5.69 Å². The topological polar surface area (TPSA) is 77.1 Å². The van der Waals surface area contributed by atoms with E-state index in [0.29, 0.717) is 41.5 Å². The lowest BCUT2D eigenvalue weighted by molar-refractivity contribution is 0.0781. The Balaban J connectivity index is 1.58. The standard InChI is InChI=1S/C25H20Cl3FN2O5/c1-31-9-8-15-10-19(6-7-22(15)23(31)32)36-21-12-17(30-24(33)34-14-25(26,27)28)11-20(13-21)35-18-4-2-16(29)3-5-18/h2-7,10-13H,8-9,14H2,1H3,(H,30,33). The van der Waals surface area contributed by atoms with E-state index in [1.54, 1.807) is 42.3 Å². The van der Waals surface area contributed by atoms with Crippen molar-refractivity contribution in [2.75, 3.05) is 25.5 Å². The summed E-state index contributed by atoms with van der Waals surface area (Å²) in [6.45, 7) is 0.155. The van der Waals surface area contributed by atoms with Gasteiger partial charge < -0.3 is 19.1 Å². The molecule has 0 atom stereocenters. The molecule has 1 aliphatic rings. The lowest BCUT2D eigenvalue weighted by Crippen LogP contribution is -2.34. The van der Waals surface area contributed by atoms with Gasteiger partial charge in [0.1, 0.15) is 35.4 Å². The molecular formula is C25H20Cl3FN2O5. The van der Waals surface area contributed by atoms with Crippen LogP contribution in [0.15, 0.2) is 60.7 Å².